The van der Waals surface area contributed by atoms with E-state index in [1.54, 1.807) is 24.3 Å². The van der Waals surface area contributed by atoms with E-state index in [0.29, 0.717) is 87.7 Å². The summed E-state index contributed by atoms with van der Waals surface area (Å²) in [7, 11) is -16.2. The number of hydrogen-bond donors (Lipinski definition) is 4. The second-order valence-corrected chi connectivity index (χ2v) is 27.7. The van der Waals surface area contributed by atoms with Crippen molar-refractivity contribution >= 4 is 68.3 Å². The zero-order valence-electron chi connectivity index (χ0n) is 44.2. The molecule has 0 bridgehead atoms. The number of benzene rings is 5. The number of phosphoric acid groups is 1. The van der Waals surface area contributed by atoms with Crippen LogP contribution in [0.4, 0.5) is 24.5 Å². The minimum atomic E-state index is -6.12. The number of anilines is 2. The Hall–Kier alpha value is -4.51. The van der Waals surface area contributed by atoms with Gasteiger partial charge in [-0.1, -0.05) is 108 Å². The zero-order valence-corrected chi connectivity index (χ0v) is 48.3. The number of alkyl halides is 3. The summed E-state index contributed by atoms with van der Waals surface area (Å²) in [4.78, 5) is 37.3. The van der Waals surface area contributed by atoms with Gasteiger partial charge in [0.05, 0.1) is 29.9 Å². The van der Waals surface area contributed by atoms with Crippen LogP contribution in [0, 0.1) is 16.7 Å². The molecule has 2 atom stereocenters. The lowest BCUT2D eigenvalue weighted by Gasteiger charge is -2.54. The quantitative estimate of drug-likeness (QED) is 0.0325. The van der Waals surface area contributed by atoms with Crippen LogP contribution in [-0.2, 0) is 38.4 Å². The van der Waals surface area contributed by atoms with Crippen LogP contribution >= 0.6 is 31.2 Å². The largest absolute Gasteiger partial charge is 0.501 e. The van der Waals surface area contributed by atoms with Crippen molar-refractivity contribution in [3.05, 3.63) is 137 Å². The number of phosphoric ester groups is 1. The maximum atomic E-state index is 14.3. The van der Waals surface area contributed by atoms with Gasteiger partial charge in [-0.15, -0.1) is 11.8 Å². The predicted molar refractivity (Wildman–Crippen MR) is 298 cm³/mol. The molecule has 2 heterocycles. The molecular formula is C55H67ClF3N4O11PS3. The molecule has 424 valence electrons. The first kappa shape index (κ1) is 61.1. The van der Waals surface area contributed by atoms with E-state index in [4.69, 9.17) is 25.6 Å². The minimum Gasteiger partial charge on any atom is -0.380 e. The number of hydrogen-bond acceptors (Lipinski definition) is 13. The Balaban J connectivity index is 1.10. The number of halogens is 4. The van der Waals surface area contributed by atoms with Crippen LogP contribution in [0.3, 0.4) is 0 Å². The number of thioether (sulfide) groups is 1. The highest BCUT2D eigenvalue weighted by Crippen LogP contribution is 2.59. The molecule has 5 aromatic rings. The molecule has 2 saturated heterocycles. The Morgan fingerprint density at radius 1 is 0.821 bits per heavy atom. The molecule has 2 unspecified atom stereocenters. The fraction of sp³-hybridized carbons (Fsp3) is 0.436. The van der Waals surface area contributed by atoms with Crippen molar-refractivity contribution in [3.63, 3.8) is 0 Å². The first-order chi connectivity index (χ1) is 36.5. The van der Waals surface area contributed by atoms with E-state index in [9.17, 15) is 49.2 Å². The van der Waals surface area contributed by atoms with Crippen molar-refractivity contribution in [3.8, 4) is 11.1 Å². The van der Waals surface area contributed by atoms with Gasteiger partial charge in [0.2, 0.25) is 0 Å². The molecule has 0 spiro atoms. The van der Waals surface area contributed by atoms with Gasteiger partial charge in [0, 0.05) is 76.5 Å². The second kappa shape index (κ2) is 24.7. The Bertz CT molecular complexity index is 3110. The van der Waals surface area contributed by atoms with Gasteiger partial charge < -0.3 is 29.5 Å². The molecule has 0 aromatic heterocycles. The van der Waals surface area contributed by atoms with Crippen LogP contribution in [0.15, 0.2) is 136 Å². The smallest absolute Gasteiger partial charge is 0.380 e. The monoisotopic (exact) mass is 1180 g/mol. The highest BCUT2D eigenvalue weighted by Gasteiger charge is 2.59. The molecule has 1 amide bonds. The first-order valence-corrected chi connectivity index (χ1v) is 31.2. The molecule has 78 heavy (non-hydrogen) atoms. The maximum absolute atomic E-state index is 14.3. The molecule has 2 aliphatic heterocycles. The van der Waals surface area contributed by atoms with Crippen LogP contribution in [0.5, 0.6) is 0 Å². The Morgan fingerprint density at radius 3 is 2.01 bits per heavy atom. The van der Waals surface area contributed by atoms with Gasteiger partial charge in [-0.05, 0) is 109 Å². The number of piperidine rings is 1. The summed E-state index contributed by atoms with van der Waals surface area (Å²) in [6, 6.07) is 32.1. The number of morpholine rings is 1. The topological polar surface area (TPSA) is 201 Å². The standard InChI is InChI=1S/C55H67ClF3N4O11PS3/c1-52(2,3)54(53(4,5)6,74-75(65,66)67)73-50(47-15-11-10-14-46(47)38-16-20-41(56)21-17-38)39-26-30-63(31-27-39)43-22-18-40(19-23-43)51(64)61-78(70,71)45-24-25-48(49(36-45)77(68,69)55(57,58)59)60-42(28-29-62-32-34-72-35-33-62)37-76-44-12-8-7-9-13-44/h7-25,36,39,42,50,60H,26-35,37H2,1-6H3,(H,61,64)(H2,65,66,67). The summed E-state index contributed by atoms with van der Waals surface area (Å²) < 4.78 is 130. The molecule has 0 saturated carbocycles. The van der Waals surface area contributed by atoms with Crippen LogP contribution in [0.2, 0.25) is 5.02 Å². The fourth-order valence-corrected chi connectivity index (χ4v) is 14.2. The lowest BCUT2D eigenvalue weighted by Crippen LogP contribution is -2.57. The Morgan fingerprint density at radius 2 is 1.42 bits per heavy atom. The van der Waals surface area contributed by atoms with Gasteiger partial charge in [0.15, 0.2) is 5.79 Å². The number of sulfone groups is 1. The molecule has 7 rings (SSSR count). The molecule has 2 aliphatic rings. The van der Waals surface area contributed by atoms with Gasteiger partial charge in [-0.25, -0.2) is 26.1 Å². The maximum Gasteiger partial charge on any atom is 0.501 e. The van der Waals surface area contributed by atoms with Crippen LogP contribution < -0.4 is 14.9 Å². The highest BCUT2D eigenvalue weighted by atomic mass is 35.5. The van der Waals surface area contributed by atoms with Gasteiger partial charge in [0.1, 0.15) is 4.90 Å². The van der Waals surface area contributed by atoms with Crippen molar-refractivity contribution in [2.45, 2.75) is 98.9 Å². The number of nitrogens with one attached hydrogen (secondary N) is 2. The second-order valence-electron chi connectivity index (χ2n) is 21.5. The number of amides is 1. The first-order valence-electron chi connectivity index (χ1n) is 25.4. The molecule has 2 fully saturated rings. The molecule has 0 radical (unpaired) electrons. The number of rotatable bonds is 20. The van der Waals surface area contributed by atoms with Crippen LogP contribution in [0.1, 0.15) is 82.8 Å². The number of carbonyl (C=O) groups excluding carboxylic acids is 1. The molecule has 5 aromatic carbocycles. The van der Waals surface area contributed by atoms with E-state index in [0.717, 1.165) is 33.7 Å². The molecule has 23 heteroatoms. The normalized spacial score (nSPS) is 16.6. The van der Waals surface area contributed by atoms with E-state index in [1.165, 1.54) is 23.9 Å². The average Bonchev–Trinajstić information content (AvgIpc) is 3.53. The fourth-order valence-electron chi connectivity index (χ4n) is 10.1. The number of nitrogens with zero attached hydrogens (tertiary/aromatic N) is 2. The number of carbonyl (C=O) groups is 1. The predicted octanol–water partition coefficient (Wildman–Crippen LogP) is 11.6. The molecule has 4 N–H and O–H groups in total. The summed E-state index contributed by atoms with van der Waals surface area (Å²) in [5.41, 5.74) is -5.13. The molecule has 15 nitrogen and oxygen atoms in total. The number of ether oxygens (including phenoxy) is 2. The van der Waals surface area contributed by atoms with E-state index in [1.807, 2.05) is 113 Å². The molecule has 0 aliphatic carbocycles. The lowest BCUT2D eigenvalue weighted by molar-refractivity contribution is -0.328. The van der Waals surface area contributed by atoms with Crippen LogP contribution in [0.25, 0.3) is 11.1 Å². The Labute approximate surface area is 464 Å². The van der Waals surface area contributed by atoms with Gasteiger partial charge in [-0.3, -0.25) is 14.2 Å². The van der Waals surface area contributed by atoms with Crippen molar-refractivity contribution < 1.29 is 63.2 Å². The number of sulfonamides is 1. The van der Waals surface area contributed by atoms with Gasteiger partial charge >= 0.3 is 13.3 Å². The van der Waals surface area contributed by atoms with Gasteiger partial charge in [0.25, 0.3) is 25.8 Å². The Kier molecular flexibility index (Phi) is 19.3. The van der Waals surface area contributed by atoms with E-state index < -0.39 is 83.3 Å². The van der Waals surface area contributed by atoms with E-state index >= 15 is 0 Å². The van der Waals surface area contributed by atoms with Crippen LogP contribution in [-0.4, -0.2) is 106 Å². The third-order valence-electron chi connectivity index (χ3n) is 13.9. The summed E-state index contributed by atoms with van der Waals surface area (Å²) in [6.45, 7) is 14.7. The summed E-state index contributed by atoms with van der Waals surface area (Å²) in [5, 5.41) is 3.53. The van der Waals surface area contributed by atoms with Gasteiger partial charge in [-0.2, -0.15) is 13.2 Å². The summed E-state index contributed by atoms with van der Waals surface area (Å²) >= 11 is 7.70. The van der Waals surface area contributed by atoms with Crippen molar-refractivity contribution in [1.82, 2.24) is 9.62 Å². The highest BCUT2D eigenvalue weighted by molar-refractivity contribution is 7.99. The van der Waals surface area contributed by atoms with Crippen molar-refractivity contribution in [2.24, 2.45) is 16.7 Å². The van der Waals surface area contributed by atoms with Crippen molar-refractivity contribution in [2.75, 3.05) is 61.9 Å². The van der Waals surface area contributed by atoms with E-state index in [-0.39, 0.29) is 11.5 Å². The summed E-state index contributed by atoms with van der Waals surface area (Å²) in [5.74, 6) is -2.82. The third kappa shape index (κ3) is 14.9. The average molecular weight is 1180 g/mol. The lowest BCUT2D eigenvalue weighted by atomic mass is 9.70. The molecular weight excluding hydrogens is 1110 g/mol. The van der Waals surface area contributed by atoms with E-state index in [2.05, 4.69) is 15.1 Å². The summed E-state index contributed by atoms with van der Waals surface area (Å²) in [6.07, 6.45) is 0.718. The zero-order chi connectivity index (χ0) is 56.9. The van der Waals surface area contributed by atoms with Crippen molar-refractivity contribution in [1.29, 1.82) is 0 Å². The SMILES string of the molecule is CC(C)(C)C(OC(c1ccccc1-c1ccc(Cl)cc1)C1CCN(c2ccc(C(=O)NS(=O)(=O)c3ccc(NC(CCN4CCOCC4)CSc4ccccc4)c(S(=O)(=O)C(F)(F)F)c3)cc2)CC1)(OP(=O)(O)O)C(C)(C)C. The third-order valence-corrected chi connectivity index (χ3v) is 18.7. The minimum absolute atomic E-state index is 0.101.